The quantitative estimate of drug-likeness (QED) is 0.780. The number of amides is 1. The predicted molar refractivity (Wildman–Crippen MR) is 94.6 cm³/mol. The highest BCUT2D eigenvalue weighted by Gasteiger charge is 2.44. The average Bonchev–Trinajstić information content (AvgIpc) is 3.01. The largest absolute Gasteiger partial charge is 0.466 e. The third-order valence-corrected chi connectivity index (χ3v) is 4.69. The van der Waals surface area contributed by atoms with Crippen molar-refractivity contribution in [2.75, 3.05) is 25.0 Å². The van der Waals surface area contributed by atoms with E-state index < -0.39 is 0 Å². The first-order chi connectivity index (χ1) is 11.6. The van der Waals surface area contributed by atoms with Gasteiger partial charge in [0.2, 0.25) is 5.91 Å². The van der Waals surface area contributed by atoms with Gasteiger partial charge in [0.1, 0.15) is 0 Å². The maximum absolute atomic E-state index is 12.8. The Morgan fingerprint density at radius 2 is 1.71 bits per heavy atom. The molecule has 0 heterocycles. The van der Waals surface area contributed by atoms with Crippen molar-refractivity contribution in [3.05, 3.63) is 30.3 Å². The van der Waals surface area contributed by atoms with Crippen LogP contribution in [0.1, 0.15) is 33.6 Å². The first kappa shape index (κ1) is 18.3. The van der Waals surface area contributed by atoms with Crippen LogP contribution in [-0.4, -0.2) is 42.5 Å². The van der Waals surface area contributed by atoms with Crippen LogP contribution in [-0.2, 0) is 14.3 Å². The number of esters is 1. The van der Waals surface area contributed by atoms with Crippen LogP contribution in [0.2, 0.25) is 0 Å². The van der Waals surface area contributed by atoms with Crippen molar-refractivity contribution >= 4 is 17.6 Å². The SMILES string of the molecule is CCOC(=O)C1CC(Nc2ccccc2)CC1C(=O)N(CC)CC. The number of nitrogens with zero attached hydrogens (tertiary/aromatic N) is 1. The molecule has 0 radical (unpaired) electrons. The Kier molecular flexibility index (Phi) is 6.64. The molecule has 2 rings (SSSR count). The summed E-state index contributed by atoms with van der Waals surface area (Å²) in [7, 11) is 0. The maximum atomic E-state index is 12.8. The van der Waals surface area contributed by atoms with Gasteiger partial charge in [-0.25, -0.2) is 0 Å². The predicted octanol–water partition coefficient (Wildman–Crippen LogP) is 2.92. The van der Waals surface area contributed by atoms with Gasteiger partial charge < -0.3 is 15.0 Å². The zero-order valence-electron chi connectivity index (χ0n) is 14.8. The summed E-state index contributed by atoms with van der Waals surface area (Å²) in [5.41, 5.74) is 1.01. The summed E-state index contributed by atoms with van der Waals surface area (Å²) in [5, 5.41) is 3.45. The summed E-state index contributed by atoms with van der Waals surface area (Å²) in [6.45, 7) is 7.41. The van der Waals surface area contributed by atoms with Crippen molar-refractivity contribution < 1.29 is 14.3 Å². The van der Waals surface area contributed by atoms with Crippen LogP contribution in [0.25, 0.3) is 0 Å². The Balaban J connectivity index is 2.13. The Morgan fingerprint density at radius 3 is 2.29 bits per heavy atom. The highest BCUT2D eigenvalue weighted by atomic mass is 16.5. The topological polar surface area (TPSA) is 58.6 Å². The lowest BCUT2D eigenvalue weighted by atomic mass is 9.94. The highest BCUT2D eigenvalue weighted by molar-refractivity contribution is 5.86. The monoisotopic (exact) mass is 332 g/mol. The van der Waals surface area contributed by atoms with Crippen molar-refractivity contribution in [3.8, 4) is 0 Å². The number of benzene rings is 1. The lowest BCUT2D eigenvalue weighted by Crippen LogP contribution is -2.39. The Labute approximate surface area is 144 Å². The summed E-state index contributed by atoms with van der Waals surface area (Å²) in [6, 6.07) is 10.0. The van der Waals surface area contributed by atoms with Crippen LogP contribution in [0.3, 0.4) is 0 Å². The van der Waals surface area contributed by atoms with Gasteiger partial charge in [0.25, 0.3) is 0 Å². The molecule has 0 bridgehead atoms. The molecule has 1 aliphatic carbocycles. The molecule has 0 spiro atoms. The number of para-hydroxylation sites is 1. The fourth-order valence-corrected chi connectivity index (χ4v) is 3.48. The molecule has 1 amide bonds. The molecule has 0 saturated heterocycles. The van der Waals surface area contributed by atoms with E-state index in [1.54, 1.807) is 6.92 Å². The molecule has 0 aliphatic heterocycles. The number of anilines is 1. The Bertz CT molecular complexity index is 543. The second-order valence-corrected chi connectivity index (χ2v) is 6.15. The minimum Gasteiger partial charge on any atom is -0.466 e. The molecule has 24 heavy (non-hydrogen) atoms. The van der Waals surface area contributed by atoms with Crippen LogP contribution >= 0.6 is 0 Å². The van der Waals surface area contributed by atoms with Crippen LogP contribution in [0.5, 0.6) is 0 Å². The molecule has 132 valence electrons. The Morgan fingerprint density at radius 1 is 1.08 bits per heavy atom. The molecule has 1 aromatic carbocycles. The summed E-state index contributed by atoms with van der Waals surface area (Å²) in [6.07, 6.45) is 1.29. The van der Waals surface area contributed by atoms with Crippen molar-refractivity contribution in [1.29, 1.82) is 0 Å². The third kappa shape index (κ3) is 4.28. The van der Waals surface area contributed by atoms with E-state index in [2.05, 4.69) is 5.32 Å². The van der Waals surface area contributed by atoms with E-state index in [0.29, 0.717) is 32.5 Å². The normalized spacial score (nSPS) is 22.9. The van der Waals surface area contributed by atoms with E-state index in [9.17, 15) is 9.59 Å². The molecule has 1 aliphatic rings. The van der Waals surface area contributed by atoms with Gasteiger partial charge in [0, 0.05) is 24.8 Å². The molecular formula is C19H28N2O3. The summed E-state index contributed by atoms with van der Waals surface area (Å²) >= 11 is 0. The molecule has 1 aromatic rings. The van der Waals surface area contributed by atoms with Crippen LogP contribution in [0.15, 0.2) is 30.3 Å². The van der Waals surface area contributed by atoms with Crippen molar-refractivity contribution in [2.45, 2.75) is 39.7 Å². The molecule has 5 nitrogen and oxygen atoms in total. The number of carbonyl (C=O) groups excluding carboxylic acids is 2. The second-order valence-electron chi connectivity index (χ2n) is 6.15. The molecule has 0 aromatic heterocycles. The number of hydrogen-bond acceptors (Lipinski definition) is 4. The van der Waals surface area contributed by atoms with Gasteiger partial charge in [-0.15, -0.1) is 0 Å². The van der Waals surface area contributed by atoms with Crippen LogP contribution in [0.4, 0.5) is 5.69 Å². The van der Waals surface area contributed by atoms with Gasteiger partial charge >= 0.3 is 5.97 Å². The summed E-state index contributed by atoms with van der Waals surface area (Å²) < 4.78 is 5.21. The number of hydrogen-bond donors (Lipinski definition) is 1. The average molecular weight is 332 g/mol. The molecule has 1 saturated carbocycles. The number of carbonyl (C=O) groups is 2. The first-order valence-corrected chi connectivity index (χ1v) is 8.87. The highest BCUT2D eigenvalue weighted by Crippen LogP contribution is 2.36. The summed E-state index contributed by atoms with van der Waals surface area (Å²) in [4.78, 5) is 27.0. The smallest absolute Gasteiger partial charge is 0.309 e. The van der Waals surface area contributed by atoms with Gasteiger partial charge in [-0.2, -0.15) is 0 Å². The zero-order valence-corrected chi connectivity index (χ0v) is 14.8. The van der Waals surface area contributed by atoms with E-state index in [-0.39, 0.29) is 29.8 Å². The van der Waals surface area contributed by atoms with Crippen molar-refractivity contribution in [3.63, 3.8) is 0 Å². The van der Waals surface area contributed by atoms with Gasteiger partial charge in [-0.05, 0) is 45.7 Å². The van der Waals surface area contributed by atoms with Gasteiger partial charge in [0.15, 0.2) is 0 Å². The first-order valence-electron chi connectivity index (χ1n) is 8.87. The van der Waals surface area contributed by atoms with Gasteiger partial charge in [-0.3, -0.25) is 9.59 Å². The van der Waals surface area contributed by atoms with Gasteiger partial charge in [-0.1, -0.05) is 18.2 Å². The molecule has 3 atom stereocenters. The lowest BCUT2D eigenvalue weighted by Gasteiger charge is -2.25. The molecule has 5 heteroatoms. The lowest BCUT2D eigenvalue weighted by molar-refractivity contribution is -0.153. The van der Waals surface area contributed by atoms with Crippen molar-refractivity contribution in [1.82, 2.24) is 4.90 Å². The minimum absolute atomic E-state index is 0.0652. The van der Waals surface area contributed by atoms with E-state index in [1.165, 1.54) is 0 Å². The fourth-order valence-electron chi connectivity index (χ4n) is 3.48. The second kappa shape index (κ2) is 8.71. The van der Waals surface area contributed by atoms with Crippen LogP contribution < -0.4 is 5.32 Å². The molecular weight excluding hydrogens is 304 g/mol. The zero-order chi connectivity index (χ0) is 17.5. The molecule has 3 unspecified atom stereocenters. The summed E-state index contributed by atoms with van der Waals surface area (Å²) in [5.74, 6) is -0.847. The van der Waals surface area contributed by atoms with E-state index >= 15 is 0 Å². The number of nitrogens with one attached hydrogen (secondary N) is 1. The minimum atomic E-state index is -0.362. The number of rotatable bonds is 7. The third-order valence-electron chi connectivity index (χ3n) is 4.69. The van der Waals surface area contributed by atoms with Gasteiger partial charge in [0.05, 0.1) is 18.4 Å². The van der Waals surface area contributed by atoms with E-state index in [1.807, 2.05) is 49.1 Å². The molecule has 1 fully saturated rings. The molecule has 1 N–H and O–H groups in total. The van der Waals surface area contributed by atoms with E-state index in [0.717, 1.165) is 5.69 Å². The van der Waals surface area contributed by atoms with Crippen molar-refractivity contribution in [2.24, 2.45) is 11.8 Å². The number of ether oxygens (including phenoxy) is 1. The standard InChI is InChI=1S/C19H28N2O3/c1-4-21(5-2)18(22)16-12-15(13-17(16)19(23)24-6-3)20-14-10-8-7-9-11-14/h7-11,15-17,20H,4-6,12-13H2,1-3H3. The van der Waals surface area contributed by atoms with E-state index in [4.69, 9.17) is 4.74 Å². The maximum Gasteiger partial charge on any atom is 0.309 e. The fraction of sp³-hybridized carbons (Fsp3) is 0.579. The van der Waals surface area contributed by atoms with Crippen LogP contribution in [0, 0.1) is 11.8 Å². The Hall–Kier alpha value is -2.04.